The molecule has 0 atom stereocenters. The average Bonchev–Trinajstić information content (AvgIpc) is 2.75. The molecule has 2 amide bonds. The van der Waals surface area contributed by atoms with Crippen LogP contribution in [0.25, 0.3) is 0 Å². The van der Waals surface area contributed by atoms with E-state index >= 15 is 0 Å². The monoisotopic (exact) mass is 289 g/mol. The Morgan fingerprint density at radius 1 is 1.05 bits per heavy atom. The van der Waals surface area contributed by atoms with Gasteiger partial charge in [-0.3, -0.25) is 0 Å². The summed E-state index contributed by atoms with van der Waals surface area (Å²) in [5, 5.41) is 3.03. The number of nitrogens with zero attached hydrogens (tertiary/aromatic N) is 2. The maximum atomic E-state index is 12.1. The fraction of sp³-hybridized carbons (Fsp3) is 0.588. The molecule has 1 aromatic carbocycles. The lowest BCUT2D eigenvalue weighted by Crippen LogP contribution is -2.40. The van der Waals surface area contributed by atoms with Crippen LogP contribution in [0.2, 0.25) is 0 Å². The summed E-state index contributed by atoms with van der Waals surface area (Å²) in [7, 11) is 4.13. The van der Waals surface area contributed by atoms with Gasteiger partial charge in [-0.15, -0.1) is 0 Å². The Morgan fingerprint density at radius 3 is 2.19 bits per heavy atom. The minimum atomic E-state index is 0.0780. The highest BCUT2D eigenvalue weighted by Gasteiger charge is 2.14. The third-order valence-corrected chi connectivity index (χ3v) is 3.86. The first-order valence-corrected chi connectivity index (χ1v) is 7.90. The van der Waals surface area contributed by atoms with Crippen LogP contribution in [0.1, 0.15) is 36.8 Å². The fourth-order valence-electron chi connectivity index (χ4n) is 2.69. The second kappa shape index (κ2) is 8.03. The fourth-order valence-corrected chi connectivity index (χ4v) is 2.69. The van der Waals surface area contributed by atoms with Gasteiger partial charge in [0.15, 0.2) is 0 Å². The topological polar surface area (TPSA) is 35.6 Å². The van der Waals surface area contributed by atoms with Crippen molar-refractivity contribution in [2.45, 2.75) is 38.8 Å². The molecule has 0 saturated carbocycles. The smallest absolute Gasteiger partial charge is 0.317 e. The van der Waals surface area contributed by atoms with Crippen molar-refractivity contribution in [3.05, 3.63) is 35.4 Å². The minimum Gasteiger partial charge on any atom is -0.334 e. The molecule has 21 heavy (non-hydrogen) atoms. The quantitative estimate of drug-likeness (QED) is 0.925. The predicted octanol–water partition coefficient (Wildman–Crippen LogP) is 2.83. The Hall–Kier alpha value is -1.55. The number of carbonyl (C=O) groups excluding carboxylic acids is 1. The molecule has 2 rings (SSSR count). The van der Waals surface area contributed by atoms with Gasteiger partial charge in [0, 0.05) is 26.2 Å². The van der Waals surface area contributed by atoms with Gasteiger partial charge in [-0.2, -0.15) is 0 Å². The van der Waals surface area contributed by atoms with Crippen LogP contribution in [0.4, 0.5) is 4.79 Å². The van der Waals surface area contributed by atoms with Crippen molar-refractivity contribution in [3.63, 3.8) is 0 Å². The molecule has 1 aromatic rings. The molecule has 0 unspecified atom stereocenters. The molecule has 1 fully saturated rings. The number of hydrogen-bond acceptors (Lipinski definition) is 2. The molecular formula is C17H27N3O. The van der Waals surface area contributed by atoms with Crippen molar-refractivity contribution in [2.75, 3.05) is 27.2 Å². The van der Waals surface area contributed by atoms with Gasteiger partial charge in [0.05, 0.1) is 0 Å². The molecule has 4 nitrogen and oxygen atoms in total. The van der Waals surface area contributed by atoms with Crippen LogP contribution in [0.3, 0.4) is 0 Å². The molecule has 1 heterocycles. The number of amides is 2. The van der Waals surface area contributed by atoms with Gasteiger partial charge >= 0.3 is 6.03 Å². The standard InChI is InChI=1S/C17H27N3O/c1-19(2)14-16-9-7-15(8-10-16)13-18-17(21)20-11-5-3-4-6-12-20/h7-10H,3-6,11-14H2,1-2H3,(H,18,21). The van der Waals surface area contributed by atoms with Gasteiger partial charge in [0.1, 0.15) is 0 Å². The van der Waals surface area contributed by atoms with Crippen molar-refractivity contribution in [3.8, 4) is 0 Å². The Balaban J connectivity index is 1.80. The molecule has 0 aliphatic carbocycles. The molecule has 0 radical (unpaired) electrons. The molecule has 1 N–H and O–H groups in total. The van der Waals surface area contributed by atoms with E-state index in [2.05, 4.69) is 48.6 Å². The summed E-state index contributed by atoms with van der Waals surface area (Å²) in [5.74, 6) is 0. The van der Waals surface area contributed by atoms with Gasteiger partial charge in [0.2, 0.25) is 0 Å². The van der Waals surface area contributed by atoms with Crippen LogP contribution in [0, 0.1) is 0 Å². The predicted molar refractivity (Wildman–Crippen MR) is 86.1 cm³/mol. The van der Waals surface area contributed by atoms with E-state index in [0.29, 0.717) is 6.54 Å². The first-order chi connectivity index (χ1) is 10.1. The van der Waals surface area contributed by atoms with Gasteiger partial charge < -0.3 is 15.1 Å². The Bertz CT molecular complexity index is 434. The highest BCUT2D eigenvalue weighted by Crippen LogP contribution is 2.10. The molecular weight excluding hydrogens is 262 g/mol. The number of benzene rings is 1. The lowest BCUT2D eigenvalue weighted by molar-refractivity contribution is 0.199. The van der Waals surface area contributed by atoms with Crippen molar-refractivity contribution in [1.82, 2.24) is 15.1 Å². The van der Waals surface area contributed by atoms with Crippen molar-refractivity contribution >= 4 is 6.03 Å². The maximum Gasteiger partial charge on any atom is 0.317 e. The third-order valence-electron chi connectivity index (χ3n) is 3.86. The zero-order chi connectivity index (χ0) is 15.1. The number of likely N-dealkylation sites (tertiary alicyclic amines) is 1. The summed E-state index contributed by atoms with van der Waals surface area (Å²) in [6, 6.07) is 8.54. The highest BCUT2D eigenvalue weighted by molar-refractivity contribution is 5.74. The summed E-state index contributed by atoms with van der Waals surface area (Å²) in [6.45, 7) is 3.35. The lowest BCUT2D eigenvalue weighted by Gasteiger charge is -2.20. The summed E-state index contributed by atoms with van der Waals surface area (Å²) < 4.78 is 0. The summed E-state index contributed by atoms with van der Waals surface area (Å²) in [4.78, 5) is 16.2. The van der Waals surface area contributed by atoms with E-state index in [9.17, 15) is 4.79 Å². The molecule has 116 valence electrons. The molecule has 1 saturated heterocycles. The maximum absolute atomic E-state index is 12.1. The van der Waals surface area contributed by atoms with E-state index in [1.165, 1.54) is 18.4 Å². The van der Waals surface area contributed by atoms with Crippen molar-refractivity contribution < 1.29 is 4.79 Å². The van der Waals surface area contributed by atoms with Crippen LogP contribution >= 0.6 is 0 Å². The van der Waals surface area contributed by atoms with Gasteiger partial charge in [0.25, 0.3) is 0 Å². The van der Waals surface area contributed by atoms with E-state index < -0.39 is 0 Å². The van der Waals surface area contributed by atoms with Gasteiger partial charge in [-0.25, -0.2) is 4.79 Å². The van der Waals surface area contributed by atoms with Crippen molar-refractivity contribution in [2.24, 2.45) is 0 Å². The molecule has 1 aliphatic heterocycles. The van der Waals surface area contributed by atoms with Gasteiger partial charge in [-0.1, -0.05) is 37.1 Å². The van der Waals surface area contributed by atoms with E-state index in [-0.39, 0.29) is 6.03 Å². The molecule has 0 bridgehead atoms. The number of carbonyl (C=O) groups is 1. The van der Waals surface area contributed by atoms with E-state index in [0.717, 1.165) is 38.0 Å². The molecule has 0 spiro atoms. The average molecular weight is 289 g/mol. The second-order valence-electron chi connectivity index (χ2n) is 6.11. The number of hydrogen-bond donors (Lipinski definition) is 1. The minimum absolute atomic E-state index is 0.0780. The van der Waals surface area contributed by atoms with Gasteiger partial charge in [-0.05, 0) is 38.1 Å². The summed E-state index contributed by atoms with van der Waals surface area (Å²) >= 11 is 0. The largest absolute Gasteiger partial charge is 0.334 e. The second-order valence-corrected chi connectivity index (χ2v) is 6.11. The SMILES string of the molecule is CN(C)Cc1ccc(CNC(=O)N2CCCCCC2)cc1. The molecule has 4 heteroatoms. The van der Waals surface area contributed by atoms with Crippen LogP contribution < -0.4 is 5.32 Å². The van der Waals surface area contributed by atoms with Crippen LogP contribution in [-0.4, -0.2) is 43.0 Å². The van der Waals surface area contributed by atoms with E-state index in [4.69, 9.17) is 0 Å². The number of rotatable bonds is 4. The molecule has 1 aliphatic rings. The first kappa shape index (κ1) is 15.8. The highest BCUT2D eigenvalue weighted by atomic mass is 16.2. The molecule has 0 aromatic heterocycles. The van der Waals surface area contributed by atoms with Crippen LogP contribution in [0.5, 0.6) is 0 Å². The summed E-state index contributed by atoms with van der Waals surface area (Å²) in [5.41, 5.74) is 2.45. The Kier molecular flexibility index (Phi) is 6.05. The Labute approximate surface area is 128 Å². The third kappa shape index (κ3) is 5.38. The van der Waals surface area contributed by atoms with E-state index in [1.807, 2.05) is 4.90 Å². The summed E-state index contributed by atoms with van der Waals surface area (Å²) in [6.07, 6.45) is 4.76. The van der Waals surface area contributed by atoms with Crippen LogP contribution in [0.15, 0.2) is 24.3 Å². The number of nitrogens with one attached hydrogen (secondary N) is 1. The van der Waals surface area contributed by atoms with Crippen molar-refractivity contribution in [1.29, 1.82) is 0 Å². The first-order valence-electron chi connectivity index (χ1n) is 7.90. The lowest BCUT2D eigenvalue weighted by atomic mass is 10.1. The van der Waals surface area contributed by atoms with Crippen LogP contribution in [-0.2, 0) is 13.1 Å². The normalized spacial score (nSPS) is 15.9. The zero-order valence-corrected chi connectivity index (χ0v) is 13.3. The van der Waals surface area contributed by atoms with E-state index in [1.54, 1.807) is 0 Å². The Morgan fingerprint density at radius 2 is 1.62 bits per heavy atom. The zero-order valence-electron chi connectivity index (χ0n) is 13.3. The number of urea groups is 1.